The Kier molecular flexibility index (Phi) is 11.4. The van der Waals surface area contributed by atoms with E-state index in [1.54, 1.807) is 6.92 Å². The quantitative estimate of drug-likeness (QED) is 0.247. The van der Waals surface area contributed by atoms with Crippen molar-refractivity contribution in [2.24, 2.45) is 10.5 Å². The number of hydrogen-bond acceptors (Lipinski definition) is 4. The Morgan fingerprint density at radius 1 is 1.17 bits per heavy atom. The molecule has 1 aliphatic rings. The molecule has 1 saturated heterocycles. The van der Waals surface area contributed by atoms with Crippen LogP contribution in [0.25, 0.3) is 10.4 Å². The third-order valence-electron chi connectivity index (χ3n) is 2.89. The molecule has 2 radical (unpaired) electrons. The maximum absolute atomic E-state index is 9.88. The van der Waals surface area contributed by atoms with E-state index in [0.717, 1.165) is 0 Å². The fourth-order valence-electron chi connectivity index (χ4n) is 1.96. The standard InChI is InChI=1S/C10H19N3O3.2Ac/c1-5-7(14)8(15)6(12-13-11)9(16-5)10(2,3)4;;/h5-9,14-15H,1-4H3;;/t5-,6+,7-,8-,9+;;/m0../s1. The number of rotatable bonds is 1. The molecule has 2 N–H and O–H groups in total. The summed E-state index contributed by atoms with van der Waals surface area (Å²) in [5, 5.41) is 23.1. The molecule has 8 heteroatoms. The summed E-state index contributed by atoms with van der Waals surface area (Å²) >= 11 is 0. The minimum absolute atomic E-state index is 0. The van der Waals surface area contributed by atoms with Crippen molar-refractivity contribution in [2.45, 2.75) is 58.2 Å². The molecule has 5 atom stereocenters. The average Bonchev–Trinajstić information content (AvgIpc) is 2.17. The zero-order chi connectivity index (χ0) is 12.5. The fraction of sp³-hybridized carbons (Fsp3) is 1.00. The molecule has 0 amide bonds. The predicted molar refractivity (Wildman–Crippen MR) is 58.7 cm³/mol. The van der Waals surface area contributed by atoms with Gasteiger partial charge in [0.1, 0.15) is 6.10 Å². The molecule has 1 fully saturated rings. The van der Waals surface area contributed by atoms with Crippen LogP contribution in [0.15, 0.2) is 5.11 Å². The molecule has 0 spiro atoms. The Labute approximate surface area is 179 Å². The van der Waals surface area contributed by atoms with E-state index in [4.69, 9.17) is 10.3 Å². The molecule has 1 rings (SSSR count). The van der Waals surface area contributed by atoms with E-state index in [1.165, 1.54) is 0 Å². The third-order valence-corrected chi connectivity index (χ3v) is 2.89. The molecule has 98 valence electrons. The summed E-state index contributed by atoms with van der Waals surface area (Å²) in [5.74, 6) is 0. The van der Waals surface area contributed by atoms with Gasteiger partial charge in [-0.05, 0) is 17.9 Å². The number of azide groups is 1. The summed E-state index contributed by atoms with van der Waals surface area (Å²) in [5.41, 5.74) is 8.21. The number of nitrogens with zero attached hydrogens (tertiary/aromatic N) is 3. The van der Waals surface area contributed by atoms with Gasteiger partial charge in [-0.2, -0.15) is 0 Å². The molecule has 0 bridgehead atoms. The minimum Gasteiger partial charge on any atom is -0.390 e. The van der Waals surface area contributed by atoms with Crippen LogP contribution in [0.4, 0.5) is 0 Å². The molecule has 0 unspecified atom stereocenters. The Balaban J connectivity index is 0. The molecule has 0 aromatic heterocycles. The average molecular weight is 683 g/mol. The Hall–Kier alpha value is 2.07. The predicted octanol–water partition coefficient (Wildman–Crippen LogP) is 1.22. The maximum Gasteiger partial charge on any atom is 0.106 e. The van der Waals surface area contributed by atoms with Crippen LogP contribution >= 0.6 is 0 Å². The van der Waals surface area contributed by atoms with E-state index in [1.807, 2.05) is 20.8 Å². The van der Waals surface area contributed by atoms with Crippen LogP contribution in [-0.2, 0) is 4.74 Å². The molecule has 0 aromatic carbocycles. The van der Waals surface area contributed by atoms with Gasteiger partial charge in [0.15, 0.2) is 0 Å². The molecule has 1 heterocycles. The van der Waals surface area contributed by atoms with Crippen molar-refractivity contribution in [3.05, 3.63) is 10.4 Å². The SMILES string of the molecule is C[C@@H]1O[C@@H](C(C)(C)C)[C@H](N=[N+]=[N-])[C@H](O)[C@H]1O.[Ac].[Ac]. The first-order valence-electron chi connectivity index (χ1n) is 5.35. The maximum atomic E-state index is 9.88. The van der Waals surface area contributed by atoms with Gasteiger partial charge in [-0.1, -0.05) is 25.9 Å². The van der Waals surface area contributed by atoms with Gasteiger partial charge >= 0.3 is 0 Å². The third kappa shape index (κ3) is 5.46. The van der Waals surface area contributed by atoms with Crippen LogP contribution in [0.1, 0.15) is 27.7 Å². The second-order valence-corrected chi connectivity index (χ2v) is 5.30. The Morgan fingerprint density at radius 3 is 2.06 bits per heavy atom. The van der Waals surface area contributed by atoms with E-state index >= 15 is 0 Å². The van der Waals surface area contributed by atoms with Crippen LogP contribution in [-0.4, -0.2) is 40.7 Å². The first-order valence-corrected chi connectivity index (χ1v) is 5.35. The molecule has 1 aliphatic heterocycles. The van der Waals surface area contributed by atoms with Gasteiger partial charge in [0.2, 0.25) is 0 Å². The van der Waals surface area contributed by atoms with Crippen molar-refractivity contribution in [1.82, 2.24) is 0 Å². The number of hydrogen-bond donors (Lipinski definition) is 2. The van der Waals surface area contributed by atoms with Crippen molar-refractivity contribution >= 4 is 0 Å². The fourth-order valence-corrected chi connectivity index (χ4v) is 1.96. The first-order chi connectivity index (χ1) is 7.29. The van der Waals surface area contributed by atoms with Crippen molar-refractivity contribution < 1.29 is 103 Å². The summed E-state index contributed by atoms with van der Waals surface area (Å²) < 4.78 is 5.62. The first kappa shape index (κ1) is 22.4. The van der Waals surface area contributed by atoms with Crippen LogP contribution in [0.3, 0.4) is 0 Å². The van der Waals surface area contributed by atoms with E-state index < -0.39 is 30.5 Å². The Morgan fingerprint density at radius 2 is 1.67 bits per heavy atom. The van der Waals surface area contributed by atoms with Crippen molar-refractivity contribution in [3.63, 3.8) is 0 Å². The van der Waals surface area contributed by atoms with Crippen molar-refractivity contribution in [1.29, 1.82) is 0 Å². The molecule has 18 heavy (non-hydrogen) atoms. The van der Waals surface area contributed by atoms with E-state index in [0.29, 0.717) is 0 Å². The number of aliphatic hydroxyl groups excluding tert-OH is 2. The molecule has 0 aromatic rings. The van der Waals surface area contributed by atoms with Crippen LogP contribution in [0, 0.1) is 93.5 Å². The zero-order valence-electron chi connectivity index (χ0n) is 11.2. The largest absolute Gasteiger partial charge is 0.390 e. The van der Waals surface area contributed by atoms with Crippen molar-refractivity contribution in [2.75, 3.05) is 0 Å². The van der Waals surface area contributed by atoms with E-state index in [9.17, 15) is 10.2 Å². The van der Waals surface area contributed by atoms with Gasteiger partial charge in [0.25, 0.3) is 0 Å². The van der Waals surface area contributed by atoms with Crippen LogP contribution in [0.2, 0.25) is 0 Å². The molecule has 6 nitrogen and oxygen atoms in total. The van der Waals surface area contributed by atoms with E-state index in [-0.39, 0.29) is 93.5 Å². The van der Waals surface area contributed by atoms with Gasteiger partial charge < -0.3 is 14.9 Å². The minimum atomic E-state index is -1.08. The van der Waals surface area contributed by atoms with Gasteiger partial charge in [-0.15, -0.1) is 0 Å². The summed E-state index contributed by atoms with van der Waals surface area (Å²) in [6.07, 6.45) is -2.97. The number of ether oxygens (including phenoxy) is 1. The molecular formula is C10H19Ac2N3O3. The van der Waals surface area contributed by atoms with Gasteiger partial charge in [-0.25, -0.2) is 0 Å². The molecule has 0 aliphatic carbocycles. The van der Waals surface area contributed by atoms with Crippen LogP contribution < -0.4 is 0 Å². The molecule has 0 saturated carbocycles. The summed E-state index contributed by atoms with van der Waals surface area (Å²) in [7, 11) is 0. The Bertz CT molecular complexity index is 305. The molecular weight excluding hydrogens is 664 g/mol. The summed E-state index contributed by atoms with van der Waals surface area (Å²) in [4.78, 5) is 2.71. The zero-order valence-corrected chi connectivity index (χ0v) is 20.7. The topological polar surface area (TPSA) is 98.5 Å². The smallest absolute Gasteiger partial charge is 0.106 e. The second kappa shape index (κ2) is 9.16. The monoisotopic (exact) mass is 683 g/mol. The van der Waals surface area contributed by atoms with Crippen molar-refractivity contribution in [3.8, 4) is 0 Å². The summed E-state index contributed by atoms with van der Waals surface area (Å²) in [6.45, 7) is 7.51. The van der Waals surface area contributed by atoms with Crippen LogP contribution in [0.5, 0.6) is 0 Å². The second-order valence-electron chi connectivity index (χ2n) is 5.30. The van der Waals surface area contributed by atoms with E-state index in [2.05, 4.69) is 10.0 Å². The summed E-state index contributed by atoms with van der Waals surface area (Å²) in [6, 6.07) is -0.754. The number of aliphatic hydroxyl groups is 2. The van der Waals surface area contributed by atoms with Gasteiger partial charge in [0, 0.05) is 93.0 Å². The normalized spacial score (nSPS) is 35.8. The van der Waals surface area contributed by atoms with Gasteiger partial charge in [-0.3, -0.25) is 0 Å². The van der Waals surface area contributed by atoms with Gasteiger partial charge in [0.05, 0.1) is 24.4 Å².